The van der Waals surface area contributed by atoms with E-state index in [1.165, 1.54) is 93.6 Å². The van der Waals surface area contributed by atoms with Crippen molar-refractivity contribution in [3.05, 3.63) is 239 Å². The smallest absolute Gasteiger partial charge is 0.305 e. The Morgan fingerprint density at radius 1 is 0.433 bits per heavy atom. The number of phenols is 2. The number of rotatable bonds is 25. The number of aromatic nitrogens is 1. The van der Waals surface area contributed by atoms with Gasteiger partial charge in [0.2, 0.25) is 88.6 Å². The second-order valence-electron chi connectivity index (χ2n) is 33.9. The predicted octanol–water partition coefficient (Wildman–Crippen LogP) is 3.30. The molecular weight excluding hydrogens is 1740 g/mol. The predicted molar refractivity (Wildman–Crippen MR) is 502 cm³/mol. The number of aromatic amines is 1. The Hall–Kier alpha value is -14.5. The molecule has 0 saturated carbocycles. The number of carbonyl (C=O) groups excluding carboxylic acids is 15. The molecule has 35 nitrogen and oxygen atoms in total. The maximum Gasteiger partial charge on any atom is 0.305 e. The summed E-state index contributed by atoms with van der Waals surface area (Å²) in [5.41, 5.74) is 9.80. The van der Waals surface area contributed by atoms with Gasteiger partial charge in [0.15, 0.2) is 0 Å². The van der Waals surface area contributed by atoms with E-state index in [9.17, 15) is 48.9 Å². The van der Waals surface area contributed by atoms with Gasteiger partial charge in [-0.1, -0.05) is 197 Å². The molecule has 1 aliphatic heterocycles. The van der Waals surface area contributed by atoms with E-state index in [1.807, 2.05) is 6.92 Å². The molecule has 134 heavy (non-hydrogen) atoms. The van der Waals surface area contributed by atoms with Crippen molar-refractivity contribution in [2.75, 3.05) is 66.4 Å². The van der Waals surface area contributed by atoms with Crippen molar-refractivity contribution >= 4 is 117 Å². The summed E-state index contributed by atoms with van der Waals surface area (Å²) in [6, 6.07) is 36.0. The number of nitrogens with two attached hydrogens (primary N) is 1. The average molecular weight is 1860 g/mol. The largest absolute Gasteiger partial charge is 0.508 e. The quantitative estimate of drug-likeness (QED) is 0.0390. The van der Waals surface area contributed by atoms with Crippen LogP contribution in [0.15, 0.2) is 200 Å². The van der Waals surface area contributed by atoms with Gasteiger partial charge in [-0.25, -0.2) is 0 Å². The number of aromatic hydroxyl groups is 2. The number of phenolic OH excluding ortho intramolecular Hbond substituents is 2. The number of fused-ring (bicyclic) bond motifs is 1. The number of aryl methyl sites for hydroxylation is 1. The molecule has 11 atom stereocenters. The van der Waals surface area contributed by atoms with Crippen LogP contribution in [0, 0.1) is 5.92 Å². The highest BCUT2D eigenvalue weighted by Crippen LogP contribution is 2.25. The van der Waals surface area contributed by atoms with E-state index >= 15 is 43.2 Å². The second kappa shape index (κ2) is 50.8. The molecule has 0 radical (unpaired) electrons. The summed E-state index contributed by atoms with van der Waals surface area (Å²) in [7, 11) is 6.56. The van der Waals surface area contributed by atoms with Crippen LogP contribution >= 0.6 is 11.8 Å². The summed E-state index contributed by atoms with van der Waals surface area (Å²) in [5.74, 6) is -16.7. The molecular formula is C98H120N16O19S. The number of benzene rings is 7. The Balaban J connectivity index is 1.13. The van der Waals surface area contributed by atoms with Gasteiger partial charge in [0, 0.05) is 96.6 Å². The highest BCUT2D eigenvalue weighted by molar-refractivity contribution is 8.00. The fourth-order valence-corrected chi connectivity index (χ4v) is 16.5. The lowest BCUT2D eigenvalue weighted by Gasteiger charge is -2.37. The van der Waals surface area contributed by atoms with Crippen LogP contribution in [0.5, 0.6) is 11.5 Å². The molecule has 1 fully saturated rings. The van der Waals surface area contributed by atoms with E-state index in [2.05, 4.69) is 52.8 Å². The number of amides is 15. The summed E-state index contributed by atoms with van der Waals surface area (Å²) < 4.78 is 0. The maximum absolute atomic E-state index is 15.6. The summed E-state index contributed by atoms with van der Waals surface area (Å²) in [5, 5.41) is 56.0. The van der Waals surface area contributed by atoms with Gasteiger partial charge in [-0.2, -0.15) is 0 Å². The number of carboxylic acids is 1. The number of nitrogens with zero attached hydrogens (tertiary/aromatic N) is 5. The van der Waals surface area contributed by atoms with Crippen LogP contribution in [-0.2, 0) is 122 Å². The van der Waals surface area contributed by atoms with Gasteiger partial charge < -0.3 is 98.4 Å². The molecule has 15 N–H and O–H groups in total. The Kier molecular flexibility index (Phi) is 39.2. The van der Waals surface area contributed by atoms with Gasteiger partial charge in [0.05, 0.1) is 31.8 Å². The number of para-hydroxylation sites is 1. The first kappa shape index (κ1) is 103. The second-order valence-corrected chi connectivity index (χ2v) is 34.9. The molecule has 0 spiro atoms. The number of hydrogen-bond donors (Lipinski definition) is 14. The number of carbonyl (C=O) groups is 16. The molecule has 0 unspecified atom stereocenters. The maximum atomic E-state index is 15.6. The number of aliphatic carboxylic acids is 1. The van der Waals surface area contributed by atoms with Crippen molar-refractivity contribution in [3.63, 3.8) is 0 Å². The summed E-state index contributed by atoms with van der Waals surface area (Å²) in [6.07, 6.45) is -0.0530. The minimum Gasteiger partial charge on any atom is -0.508 e. The van der Waals surface area contributed by atoms with Crippen LogP contribution < -0.4 is 53.6 Å². The van der Waals surface area contributed by atoms with Gasteiger partial charge >= 0.3 is 5.97 Å². The molecule has 36 heteroatoms. The van der Waals surface area contributed by atoms with Gasteiger partial charge in [-0.15, -0.1) is 11.8 Å². The number of thioether (sulfide) groups is 1. The fraction of sp³-hybridized carbons (Fsp3) is 0.388. The third kappa shape index (κ3) is 31.4. The van der Waals surface area contributed by atoms with E-state index < -0.39 is 193 Å². The molecule has 7 aromatic carbocycles. The standard InChI is InChI=1S/C98H120N16O19S/c1-9-10-35-80-97(132)111(5)57-85(119)103-76(53-87(121)122)92(127)105-72(45-40-61-25-15-11-16-26-61)95(130)113(7)81(50-63-29-19-13-20-30-63)93(128)108-77(49-66-38-43-69(116)44-39-66)94(129)110(4)56-84(118)102-75(52-67-54-100-71-34-24-23-33-70(67)71)91(126)107-74(47-65-36-41-68(115)42-37-65)90(125)106-73(46-60(2)3)89(124)109-79(88(123)101-55-83(99)117)58-134-59-86(120)104-78(48-62-27-17-12-18-28-62)96(131)114(8)82(98(133)112(80)6)51-64-31-21-14-22-32-64/h11-34,36-39,41-44,54,60,72-82,100,115-116H,9-10,35,40,45-53,55-59H2,1-8H3,(H2,99,117)(H,101,123)(H,102,118)(H,103,119)(H,104,120)(H,105,127)(H,106,125)(H,107,126)(H,108,128)(H,109,124)(H,121,122)/t72-,73-,74-,75-,76-,77-,78-,79-,80-,81-,82-/m0/s1. The Labute approximate surface area is 782 Å². The first-order valence-electron chi connectivity index (χ1n) is 44.3. The number of nitrogens with one attached hydrogen (secondary N) is 10. The average Bonchev–Trinajstić information content (AvgIpc) is 1.01. The van der Waals surface area contributed by atoms with Gasteiger partial charge in [0.1, 0.15) is 78.0 Å². The third-order valence-corrected chi connectivity index (χ3v) is 24.0. The molecule has 9 rings (SSSR count). The van der Waals surface area contributed by atoms with Gasteiger partial charge in [-0.3, -0.25) is 76.7 Å². The van der Waals surface area contributed by atoms with Crippen LogP contribution in [-0.4, -0.2) is 272 Å². The fourth-order valence-electron chi connectivity index (χ4n) is 15.7. The lowest BCUT2D eigenvalue weighted by atomic mass is 9.99. The SMILES string of the molecule is CCCC[C@H]1C(=O)N(C)CC(=O)N[C@@H](CC(=O)O)C(=O)N[C@@H](CCc2ccccc2)C(=O)N(C)[C@@H](Cc2ccccc2)C(=O)N[C@@H](Cc2ccc(O)cc2)C(=O)N(C)CC(=O)N[C@@H](Cc2c[nH]c3ccccc23)C(=O)N[C@@H](Cc2ccc(O)cc2)C(=O)N[C@@H](CC(C)C)C(=O)N[C@H](C(=O)NCC(N)=O)CSCC(=O)N[C@@H](Cc2ccccc2)C(=O)N(C)[C@@H](Cc2ccccc2)C(=O)N1C. The Morgan fingerprint density at radius 2 is 0.858 bits per heavy atom. The summed E-state index contributed by atoms with van der Waals surface area (Å²) >= 11 is 0.829. The molecule has 1 aromatic heterocycles. The van der Waals surface area contributed by atoms with Crippen molar-refractivity contribution in [2.24, 2.45) is 11.7 Å². The van der Waals surface area contributed by atoms with Crippen molar-refractivity contribution in [3.8, 4) is 11.5 Å². The monoisotopic (exact) mass is 1860 g/mol. The van der Waals surface area contributed by atoms with Crippen LogP contribution in [0.2, 0.25) is 0 Å². The Bertz CT molecular complexity index is 5390. The number of H-pyrrole nitrogens is 1. The van der Waals surface area contributed by atoms with Gasteiger partial charge in [0.25, 0.3) is 0 Å². The van der Waals surface area contributed by atoms with Crippen molar-refractivity contribution < 1.29 is 92.0 Å². The van der Waals surface area contributed by atoms with E-state index in [1.54, 1.807) is 166 Å². The third-order valence-electron chi connectivity index (χ3n) is 23.0. The molecule has 2 heterocycles. The summed E-state index contributed by atoms with van der Waals surface area (Å²) in [4.78, 5) is 245. The zero-order valence-electron chi connectivity index (χ0n) is 76.3. The topological polar surface area (TPSA) is 500 Å². The first-order chi connectivity index (χ1) is 64.0. The lowest BCUT2D eigenvalue weighted by Crippen LogP contribution is -2.60. The van der Waals surface area contributed by atoms with Crippen LogP contribution in [0.3, 0.4) is 0 Å². The number of unbranched alkanes of at least 4 members (excludes halogenated alkanes) is 1. The number of primary amides is 1. The zero-order chi connectivity index (χ0) is 97.2. The van der Waals surface area contributed by atoms with E-state index in [0.717, 1.165) is 26.5 Å². The zero-order valence-corrected chi connectivity index (χ0v) is 77.1. The Morgan fingerprint density at radius 3 is 1.40 bits per heavy atom. The van der Waals surface area contributed by atoms with Crippen LogP contribution in [0.4, 0.5) is 0 Å². The van der Waals surface area contributed by atoms with Crippen molar-refractivity contribution in [1.82, 2.24) is 77.3 Å². The van der Waals surface area contributed by atoms with Crippen LogP contribution in [0.1, 0.15) is 98.2 Å². The van der Waals surface area contributed by atoms with Crippen molar-refractivity contribution in [2.45, 2.75) is 171 Å². The van der Waals surface area contributed by atoms with E-state index in [4.69, 9.17) is 5.73 Å². The molecule has 0 aliphatic carbocycles. The molecule has 0 bridgehead atoms. The first-order valence-corrected chi connectivity index (χ1v) is 45.5. The highest BCUT2D eigenvalue weighted by atomic mass is 32.2. The number of carboxylic acid groups (broad SMARTS) is 1. The minimum atomic E-state index is -1.93. The van der Waals surface area contributed by atoms with Crippen molar-refractivity contribution in [1.29, 1.82) is 0 Å². The highest BCUT2D eigenvalue weighted by Gasteiger charge is 2.42. The minimum absolute atomic E-state index is 0.0237. The molecule has 15 amide bonds. The summed E-state index contributed by atoms with van der Waals surface area (Å²) in [6.45, 7) is 3.03. The molecule has 1 aliphatic rings. The number of likely N-dealkylation sites (N-methyl/N-ethyl adjacent to an activating group) is 5. The van der Waals surface area contributed by atoms with Crippen LogP contribution in [0.25, 0.3) is 10.9 Å². The normalized spacial score (nSPS) is 21.5. The molecule has 8 aromatic rings. The van der Waals surface area contributed by atoms with E-state index in [-0.39, 0.29) is 87.4 Å². The molecule has 1 saturated heterocycles. The number of hydrogen-bond acceptors (Lipinski definition) is 19. The van der Waals surface area contributed by atoms with Gasteiger partial charge in [-0.05, 0) is 101 Å². The molecule has 712 valence electrons. The lowest BCUT2D eigenvalue weighted by molar-refractivity contribution is -0.151. The van der Waals surface area contributed by atoms with E-state index in [0.29, 0.717) is 62.7 Å².